The van der Waals surface area contributed by atoms with Crippen molar-refractivity contribution in [2.24, 2.45) is 0 Å². The van der Waals surface area contributed by atoms with Crippen LogP contribution in [-0.2, 0) is 25.7 Å². The Bertz CT molecular complexity index is 1260. The van der Waals surface area contributed by atoms with Gasteiger partial charge in [-0.1, -0.05) is 12.1 Å². The van der Waals surface area contributed by atoms with Gasteiger partial charge >= 0.3 is 0 Å². The highest BCUT2D eigenvalue weighted by Gasteiger charge is 2.38. The van der Waals surface area contributed by atoms with Gasteiger partial charge in [-0.25, -0.2) is 0 Å². The van der Waals surface area contributed by atoms with E-state index in [1.54, 1.807) is 24.3 Å². The molecule has 6 heteroatoms. The predicted octanol–water partition coefficient (Wildman–Crippen LogP) is 4.23. The molecule has 2 aliphatic heterocycles. The third-order valence-corrected chi connectivity index (χ3v) is 7.08. The van der Waals surface area contributed by atoms with Crippen LogP contribution >= 0.6 is 0 Å². The monoisotopic (exact) mass is 446 g/mol. The molecule has 0 fully saturated rings. The summed E-state index contributed by atoms with van der Waals surface area (Å²) in [5.41, 5.74) is 7.34. The van der Waals surface area contributed by atoms with Crippen LogP contribution in [0.25, 0.3) is 11.1 Å². The first-order valence-electron chi connectivity index (χ1n) is 11.4. The van der Waals surface area contributed by atoms with Crippen molar-refractivity contribution in [2.75, 3.05) is 13.7 Å². The van der Waals surface area contributed by atoms with Crippen LogP contribution in [0.2, 0.25) is 0 Å². The molecular weight excluding hydrogens is 420 g/mol. The zero-order chi connectivity index (χ0) is 22.7. The molecule has 2 atom stereocenters. The molecule has 6 nitrogen and oxygen atoms in total. The lowest BCUT2D eigenvalue weighted by molar-refractivity contribution is 0.0191. The molecule has 33 heavy (non-hydrogen) atoms. The number of methoxy groups -OCH3 is 1. The summed E-state index contributed by atoms with van der Waals surface area (Å²) in [4.78, 5) is 0. The molecule has 1 aliphatic carbocycles. The highest BCUT2D eigenvalue weighted by molar-refractivity contribution is 5.84. The number of aromatic hydroxyl groups is 2. The number of fused-ring (bicyclic) bond motifs is 8. The molecule has 0 spiro atoms. The molecule has 0 unspecified atom stereocenters. The Morgan fingerprint density at radius 2 is 1.82 bits per heavy atom. The number of hydrogen-bond acceptors (Lipinski definition) is 6. The Labute approximate surface area is 192 Å². The Kier molecular flexibility index (Phi) is 4.66. The molecule has 0 amide bonds. The average molecular weight is 446 g/mol. The summed E-state index contributed by atoms with van der Waals surface area (Å²) in [6.07, 6.45) is 2.55. The molecule has 6 rings (SSSR count). The molecule has 3 aromatic rings. The number of phenols is 2. The number of ether oxygens (including phenoxy) is 3. The molecule has 2 heterocycles. The first kappa shape index (κ1) is 20.2. The quantitative estimate of drug-likeness (QED) is 0.546. The van der Waals surface area contributed by atoms with Gasteiger partial charge in [0.2, 0.25) is 0 Å². The van der Waals surface area contributed by atoms with Crippen LogP contribution in [0.15, 0.2) is 36.4 Å². The minimum Gasteiger partial charge on any atom is -0.508 e. The topological polar surface area (TPSA) is 88.4 Å². The van der Waals surface area contributed by atoms with Crippen molar-refractivity contribution in [3.8, 4) is 39.9 Å². The molecule has 170 valence electrons. The maximum atomic E-state index is 11.1. The smallest absolute Gasteiger partial charge is 0.160 e. The molecular formula is C27H26O6. The Balaban J connectivity index is 1.51. The van der Waals surface area contributed by atoms with Gasteiger partial charge in [0.15, 0.2) is 11.5 Å². The van der Waals surface area contributed by atoms with Gasteiger partial charge in [-0.2, -0.15) is 0 Å². The lowest BCUT2D eigenvalue weighted by Crippen LogP contribution is -2.33. The van der Waals surface area contributed by atoms with Crippen molar-refractivity contribution >= 4 is 0 Å². The maximum Gasteiger partial charge on any atom is 0.160 e. The van der Waals surface area contributed by atoms with Crippen molar-refractivity contribution in [3.63, 3.8) is 0 Å². The lowest BCUT2D eigenvalue weighted by Gasteiger charge is -2.38. The number of aliphatic hydroxyl groups is 1. The van der Waals surface area contributed by atoms with Gasteiger partial charge in [0, 0.05) is 23.1 Å². The lowest BCUT2D eigenvalue weighted by atomic mass is 9.77. The van der Waals surface area contributed by atoms with E-state index in [9.17, 15) is 15.3 Å². The van der Waals surface area contributed by atoms with Gasteiger partial charge in [-0.3, -0.25) is 0 Å². The highest BCUT2D eigenvalue weighted by Crippen LogP contribution is 2.53. The van der Waals surface area contributed by atoms with E-state index < -0.39 is 12.2 Å². The fraction of sp³-hybridized carbons (Fsp3) is 0.333. The average Bonchev–Trinajstić information content (AvgIpc) is 2.83. The highest BCUT2D eigenvalue weighted by atomic mass is 16.5. The Morgan fingerprint density at radius 3 is 2.67 bits per heavy atom. The van der Waals surface area contributed by atoms with Crippen molar-refractivity contribution in [2.45, 2.75) is 44.3 Å². The van der Waals surface area contributed by atoms with E-state index >= 15 is 0 Å². The fourth-order valence-electron chi connectivity index (χ4n) is 5.56. The van der Waals surface area contributed by atoms with Crippen LogP contribution in [0.1, 0.15) is 40.3 Å². The molecule has 0 saturated carbocycles. The molecule has 0 saturated heterocycles. The standard InChI is InChI=1S/C27H26O6/c1-31-23-12-15(5-9-21(23)29)25-22(30)13-20-18-7-4-14-11-16(28)6-8-17(14)24(18)27-19(26(20)33-25)3-2-10-32-27/h5-6,8-9,11-12,22,25,28-30H,2-4,7,10,13H2,1H3/t22-,25+/m1/s1. The van der Waals surface area contributed by atoms with Crippen molar-refractivity contribution in [1.29, 1.82) is 0 Å². The van der Waals surface area contributed by atoms with Crippen molar-refractivity contribution < 1.29 is 29.5 Å². The second kappa shape index (κ2) is 7.59. The molecule has 0 radical (unpaired) electrons. The number of aryl methyl sites for hydroxylation is 1. The van der Waals surface area contributed by atoms with Crippen LogP contribution in [-0.4, -0.2) is 35.1 Å². The SMILES string of the molecule is COc1cc([C@@H]2Oc3c(c4c(c5c3CCCO5)-c3ccc(O)cc3CC4)C[C@H]2O)ccc1O. The summed E-state index contributed by atoms with van der Waals surface area (Å²) in [7, 11) is 1.50. The third-order valence-electron chi connectivity index (χ3n) is 7.08. The summed E-state index contributed by atoms with van der Waals surface area (Å²) in [6, 6.07) is 10.6. The summed E-state index contributed by atoms with van der Waals surface area (Å²) >= 11 is 0. The minimum atomic E-state index is -0.736. The zero-order valence-corrected chi connectivity index (χ0v) is 18.4. The molecule has 0 bridgehead atoms. The van der Waals surface area contributed by atoms with E-state index in [2.05, 4.69) is 0 Å². The zero-order valence-electron chi connectivity index (χ0n) is 18.4. The van der Waals surface area contributed by atoms with Crippen LogP contribution in [0.5, 0.6) is 28.7 Å². The number of phenolic OH excluding ortho intramolecular Hbond substituents is 2. The number of rotatable bonds is 2. The van der Waals surface area contributed by atoms with E-state index in [1.807, 2.05) is 12.1 Å². The minimum absolute atomic E-state index is 0.0523. The van der Waals surface area contributed by atoms with E-state index in [0.29, 0.717) is 18.8 Å². The predicted molar refractivity (Wildman–Crippen MR) is 123 cm³/mol. The largest absolute Gasteiger partial charge is 0.508 e. The Hall–Kier alpha value is -3.38. The van der Waals surface area contributed by atoms with E-state index in [1.165, 1.54) is 12.7 Å². The van der Waals surface area contributed by atoms with Gasteiger partial charge in [-0.05, 0) is 72.2 Å². The number of benzene rings is 3. The summed E-state index contributed by atoms with van der Waals surface area (Å²) in [6.45, 7) is 0.660. The summed E-state index contributed by atoms with van der Waals surface area (Å²) < 4.78 is 18.0. The van der Waals surface area contributed by atoms with Gasteiger partial charge < -0.3 is 29.5 Å². The van der Waals surface area contributed by atoms with E-state index in [4.69, 9.17) is 14.2 Å². The molecule has 0 aromatic heterocycles. The second-order valence-electron chi connectivity index (χ2n) is 9.00. The fourth-order valence-corrected chi connectivity index (χ4v) is 5.56. The number of hydrogen-bond donors (Lipinski definition) is 3. The molecule has 3 aromatic carbocycles. The van der Waals surface area contributed by atoms with Crippen molar-refractivity contribution in [3.05, 3.63) is 64.2 Å². The number of aliphatic hydroxyl groups excluding tert-OH is 1. The molecule has 3 N–H and O–H groups in total. The van der Waals surface area contributed by atoms with Crippen LogP contribution in [0.3, 0.4) is 0 Å². The first-order chi connectivity index (χ1) is 16.0. The van der Waals surface area contributed by atoms with Crippen LogP contribution < -0.4 is 14.2 Å². The van der Waals surface area contributed by atoms with E-state index in [0.717, 1.165) is 70.6 Å². The third kappa shape index (κ3) is 3.12. The Morgan fingerprint density at radius 1 is 0.939 bits per heavy atom. The normalized spacial score (nSPS) is 20.4. The van der Waals surface area contributed by atoms with Gasteiger partial charge in [0.05, 0.1) is 19.8 Å². The summed E-state index contributed by atoms with van der Waals surface area (Å²) in [5.74, 6) is 2.38. The van der Waals surface area contributed by atoms with Gasteiger partial charge in [0.1, 0.15) is 23.4 Å². The molecule has 3 aliphatic rings. The van der Waals surface area contributed by atoms with Gasteiger partial charge in [0.25, 0.3) is 0 Å². The van der Waals surface area contributed by atoms with Crippen LogP contribution in [0.4, 0.5) is 0 Å². The maximum absolute atomic E-state index is 11.1. The second-order valence-corrected chi connectivity index (χ2v) is 9.00. The summed E-state index contributed by atoms with van der Waals surface area (Å²) in [5, 5.41) is 31.1. The first-order valence-corrected chi connectivity index (χ1v) is 11.4. The van der Waals surface area contributed by atoms with Gasteiger partial charge in [-0.15, -0.1) is 0 Å². The van der Waals surface area contributed by atoms with E-state index in [-0.39, 0.29) is 11.5 Å². The van der Waals surface area contributed by atoms with Crippen LogP contribution in [0, 0.1) is 0 Å². The van der Waals surface area contributed by atoms with Crippen molar-refractivity contribution in [1.82, 2.24) is 0 Å².